The number of methoxy groups -OCH3 is 1. The summed E-state index contributed by atoms with van der Waals surface area (Å²) in [4.78, 5) is 22.7. The number of aliphatic hydroxyl groups is 1. The molecule has 0 bridgehead atoms. The zero-order chi connectivity index (χ0) is 103. The van der Waals surface area contributed by atoms with E-state index < -0.39 is 38.3 Å². The zero-order valence-corrected chi connectivity index (χ0v) is 93.0. The van der Waals surface area contributed by atoms with E-state index in [4.69, 9.17) is 42.4 Å². The molecule has 6 aliphatic rings. The maximum Gasteiger partial charge on any atom is 0.496 e. The molecular formula is C132H135BCl2O7P4Pd. The number of ketones is 1. The van der Waals surface area contributed by atoms with Gasteiger partial charge in [0.05, 0.1) is 30.0 Å². The minimum atomic E-state index is -0.477. The number of esters is 1. The van der Waals surface area contributed by atoms with Gasteiger partial charge < -0.3 is 23.9 Å². The van der Waals surface area contributed by atoms with E-state index in [0.717, 1.165) is 50.0 Å². The van der Waals surface area contributed by atoms with Crippen molar-refractivity contribution >= 4 is 154 Å². The molecule has 4 fully saturated rings. The summed E-state index contributed by atoms with van der Waals surface area (Å²) in [5.74, 6) is -0.592. The molecule has 7 nitrogen and oxygen atoms in total. The van der Waals surface area contributed by atoms with Crippen LogP contribution in [-0.4, -0.2) is 61.6 Å². The fourth-order valence-corrected chi connectivity index (χ4v) is 28.8. The van der Waals surface area contributed by atoms with Gasteiger partial charge in [-0.25, -0.2) is 4.79 Å². The van der Waals surface area contributed by atoms with Gasteiger partial charge in [0, 0.05) is 53.7 Å². The second kappa shape index (κ2) is 52.4. The van der Waals surface area contributed by atoms with E-state index in [-0.39, 0.29) is 61.3 Å². The molecule has 16 aromatic carbocycles. The Morgan fingerprint density at radius 1 is 0.354 bits per heavy atom. The van der Waals surface area contributed by atoms with Gasteiger partial charge in [0.25, 0.3) is 0 Å². The van der Waals surface area contributed by atoms with Gasteiger partial charge in [-0.1, -0.05) is 476 Å². The molecule has 1 N–H and O–H groups in total. The largest absolute Gasteiger partial charge is 0.496 e. The minimum Gasteiger partial charge on any atom is -0.465 e. The quantitative estimate of drug-likeness (QED) is 0.0373. The number of benzene rings is 16. The first kappa shape index (κ1) is 112. The number of carbonyl (C=O) groups excluding carboxylic acids is 2. The van der Waals surface area contributed by atoms with E-state index in [0.29, 0.717) is 28.1 Å². The SMILES string of the molecule is C=C(C)c1ccc(C(=O)OC)cc1.C=C(c1ccc(C(=O)CO)cc1)c1cc2c(cc1Cl)C(C)(C)CCC21CC1.CC1(C)CCC2(CC2)c2cc(B3OC(C)(C)C(C)(C)O3)c(Cl)cc21.CC1CCCO1.[Pd].c1ccc(P(c2ccccc2)c2ccccc2)cc1.c1ccc(P(c2ccccc2)c2ccccc2)cc1.c1ccc(P(c2ccccc2)c2ccccc2)cc1.c1ccc(P(c2ccccc2)c2ccccc2)cc1. The van der Waals surface area contributed by atoms with Crippen LogP contribution in [0, 0.1) is 0 Å². The first-order valence-corrected chi connectivity index (χ1v) is 57.0. The van der Waals surface area contributed by atoms with Crippen LogP contribution in [0.2, 0.25) is 10.0 Å². The molecule has 2 spiro atoms. The van der Waals surface area contributed by atoms with Crippen LogP contribution < -0.4 is 69.1 Å². The van der Waals surface area contributed by atoms with Crippen molar-refractivity contribution in [2.24, 2.45) is 0 Å². The van der Waals surface area contributed by atoms with Crippen molar-refractivity contribution in [2.45, 2.75) is 172 Å². The van der Waals surface area contributed by atoms with Crippen molar-refractivity contribution in [2.75, 3.05) is 20.3 Å². The average molecular weight is 2150 g/mol. The number of allylic oxidation sites excluding steroid dienone is 1. The van der Waals surface area contributed by atoms with Crippen LogP contribution in [0.4, 0.5) is 0 Å². The van der Waals surface area contributed by atoms with Crippen molar-refractivity contribution in [1.82, 2.24) is 0 Å². The topological polar surface area (TPSA) is 91.3 Å². The third-order valence-electron chi connectivity index (χ3n) is 28.7. The molecule has 15 heteroatoms. The summed E-state index contributed by atoms with van der Waals surface area (Å²) in [6, 6.07) is 153. The summed E-state index contributed by atoms with van der Waals surface area (Å²) in [7, 11) is -0.795. The van der Waals surface area contributed by atoms with Crippen LogP contribution in [0.25, 0.3) is 11.1 Å². The number of Topliss-reactive ketones (excluding diaryl/α,β-unsaturated/α-hetero) is 1. The molecule has 1 unspecified atom stereocenters. The van der Waals surface area contributed by atoms with Crippen molar-refractivity contribution in [3.05, 3.63) is 510 Å². The van der Waals surface area contributed by atoms with Crippen LogP contribution in [0.1, 0.15) is 193 Å². The van der Waals surface area contributed by atoms with Crippen molar-refractivity contribution in [1.29, 1.82) is 0 Å². The van der Waals surface area contributed by atoms with Gasteiger partial charge in [-0.15, -0.1) is 0 Å². The number of carbonyl (C=O) groups is 2. The minimum absolute atomic E-state index is 0. The number of halogens is 2. The van der Waals surface area contributed by atoms with E-state index >= 15 is 0 Å². The Morgan fingerprint density at radius 3 is 0.844 bits per heavy atom. The van der Waals surface area contributed by atoms with Gasteiger partial charge in [-0.2, -0.15) is 0 Å². The first-order chi connectivity index (χ1) is 70.6. The molecule has 0 radical (unpaired) electrons. The standard InChI is InChI=1S/C24H25ClO2.C20H28BClO2.4C18H15P.C11H12O2.C5H10O.Pd/c1-15(16-4-6-17(7-5-16)22(27)14-26)18-12-20-19(13-21(18)25)23(2,3)8-9-24(20)10-11-24;1-17(2)7-8-20(9-10-20)14-11-15(16(22)12-13(14)17)21-23-18(3,4)19(5,6)24-21;4*1-4-10-16(11-5-1)19(17-12-6-2-7-13-17)18-14-8-3-9-15-18;1-8(2)9-4-6-10(7-5-9)11(12)13-3;1-5-3-2-4-6-5;/h4-7,12-13,26H,1,8-11,14H2,2-3H3;11-12H,7-10H2,1-6H3;4*1-15H;4-7H,1H2,2-3H3;5H,2-4H2,1H3;. The number of fused-ring (bicyclic) bond motifs is 4. The van der Waals surface area contributed by atoms with Crippen LogP contribution in [-0.2, 0) is 60.9 Å². The fraction of sp³-hybridized carbons (Fsp3) is 0.227. The van der Waals surface area contributed by atoms with Crippen LogP contribution in [0.5, 0.6) is 0 Å². The molecule has 22 rings (SSSR count). The first-order valence-electron chi connectivity index (χ1n) is 50.8. The molecular weight excluding hydrogens is 2010 g/mol. The summed E-state index contributed by atoms with van der Waals surface area (Å²) in [6.07, 6.45) is 13.2. The Hall–Kier alpha value is -11.0. The van der Waals surface area contributed by atoms with Crippen LogP contribution >= 0.6 is 54.9 Å². The maximum atomic E-state index is 11.6. The number of aliphatic hydroxyl groups excluding tert-OH is 1. The van der Waals surface area contributed by atoms with Crippen molar-refractivity contribution in [3.63, 3.8) is 0 Å². The second-order valence-corrected chi connectivity index (χ2v) is 50.1. The molecule has 2 aliphatic heterocycles. The van der Waals surface area contributed by atoms with Gasteiger partial charge >= 0.3 is 13.1 Å². The Balaban J connectivity index is 0.000000135. The maximum absolute atomic E-state index is 11.6. The summed E-state index contributed by atoms with van der Waals surface area (Å²) < 4.78 is 22.2. The predicted octanol–water partition coefficient (Wildman–Crippen LogP) is 27.9. The third kappa shape index (κ3) is 29.0. The Kier molecular flexibility index (Phi) is 39.8. The van der Waals surface area contributed by atoms with E-state index in [1.807, 2.05) is 31.2 Å². The van der Waals surface area contributed by atoms with Crippen LogP contribution in [0.3, 0.4) is 0 Å². The Morgan fingerprint density at radius 2 is 0.605 bits per heavy atom. The van der Waals surface area contributed by atoms with Gasteiger partial charge in [0.15, 0.2) is 5.78 Å². The Bertz CT molecular complexity index is 6010. The smallest absolute Gasteiger partial charge is 0.465 e. The third-order valence-corrected chi connectivity index (χ3v) is 39.1. The number of hydrogen-bond donors (Lipinski definition) is 1. The second-order valence-electron chi connectivity index (χ2n) is 40.4. The van der Waals surface area contributed by atoms with E-state index in [2.05, 4.69) is 468 Å². The van der Waals surface area contributed by atoms with E-state index in [9.17, 15) is 9.59 Å². The van der Waals surface area contributed by atoms with E-state index in [1.54, 1.807) is 24.3 Å². The Labute approximate surface area is 903 Å². The van der Waals surface area contributed by atoms with Gasteiger partial charge in [-0.3, -0.25) is 4.79 Å². The molecule has 2 heterocycles. The predicted molar refractivity (Wildman–Crippen MR) is 629 cm³/mol. The van der Waals surface area contributed by atoms with E-state index in [1.165, 1.54) is 157 Å². The normalized spacial score (nSPS) is 15.7. The number of rotatable bonds is 19. The zero-order valence-electron chi connectivity index (χ0n) is 86.4. The molecule has 147 heavy (non-hydrogen) atoms. The molecule has 1 atom stereocenters. The average Bonchev–Trinajstić information content (AvgIpc) is 1.57. The molecule has 2 saturated heterocycles. The van der Waals surface area contributed by atoms with Crippen molar-refractivity contribution < 1.29 is 53.9 Å². The van der Waals surface area contributed by atoms with Gasteiger partial charge in [0.2, 0.25) is 0 Å². The van der Waals surface area contributed by atoms with Crippen molar-refractivity contribution in [3.8, 4) is 0 Å². The summed E-state index contributed by atoms with van der Waals surface area (Å²) in [6.45, 7) is 30.3. The number of hydrogen-bond acceptors (Lipinski definition) is 7. The molecule has 2 saturated carbocycles. The molecule has 4 aliphatic carbocycles. The summed E-state index contributed by atoms with van der Waals surface area (Å²) in [5.41, 5.74) is 13.0. The molecule has 752 valence electrons. The van der Waals surface area contributed by atoms with Crippen LogP contribution in [0.15, 0.2) is 450 Å². The molecule has 0 aromatic heterocycles. The number of ether oxygens (including phenoxy) is 2. The molecule has 0 amide bonds. The molecule has 16 aromatic rings. The van der Waals surface area contributed by atoms with Gasteiger partial charge in [0.1, 0.15) is 6.61 Å². The monoisotopic (exact) mass is 2140 g/mol. The summed E-state index contributed by atoms with van der Waals surface area (Å²) >= 11 is 13.4. The van der Waals surface area contributed by atoms with Gasteiger partial charge in [-0.05, 0) is 292 Å². The fourth-order valence-electron chi connectivity index (χ4n) is 19.1. The summed E-state index contributed by atoms with van der Waals surface area (Å²) in [5, 5.41) is 27.3.